The van der Waals surface area contributed by atoms with Crippen LogP contribution in [0.4, 0.5) is 0 Å². The molecule has 234 valence electrons. The summed E-state index contributed by atoms with van der Waals surface area (Å²) in [5.41, 5.74) is 6.98. The van der Waals surface area contributed by atoms with Crippen molar-refractivity contribution in [1.29, 1.82) is 0 Å². The molecule has 3 aromatic heterocycles. The average molecular weight is 601 g/mol. The molecule has 9 heteroatoms. The van der Waals surface area contributed by atoms with Gasteiger partial charge in [0.15, 0.2) is 0 Å². The van der Waals surface area contributed by atoms with Crippen LogP contribution in [0.5, 0.6) is 0 Å². The average Bonchev–Trinajstić information content (AvgIpc) is 3.69. The second kappa shape index (κ2) is 13.9. The molecular formula is C35H46N5O4+. The van der Waals surface area contributed by atoms with Crippen LogP contribution in [0.25, 0.3) is 22.4 Å². The predicted molar refractivity (Wildman–Crippen MR) is 170 cm³/mol. The van der Waals surface area contributed by atoms with Gasteiger partial charge in [0.1, 0.15) is 11.8 Å². The molecule has 1 aliphatic carbocycles. The van der Waals surface area contributed by atoms with Crippen LogP contribution in [-0.2, 0) is 17.6 Å². The summed E-state index contributed by atoms with van der Waals surface area (Å²) in [6.07, 6.45) is 10.2. The van der Waals surface area contributed by atoms with E-state index < -0.39 is 0 Å². The monoisotopic (exact) mass is 600 g/mol. The van der Waals surface area contributed by atoms with Crippen LogP contribution in [0.3, 0.4) is 0 Å². The van der Waals surface area contributed by atoms with Crippen LogP contribution in [0.15, 0.2) is 47.1 Å². The zero-order chi connectivity index (χ0) is 31.3. The third-order valence-electron chi connectivity index (χ3n) is 9.37. The van der Waals surface area contributed by atoms with E-state index in [1.165, 1.54) is 17.4 Å². The van der Waals surface area contributed by atoms with Crippen LogP contribution in [0.1, 0.15) is 93.2 Å². The van der Waals surface area contributed by atoms with Crippen molar-refractivity contribution < 1.29 is 24.0 Å². The number of nitrogens with zero attached hydrogens (tertiary/aromatic N) is 3. The number of rotatable bonds is 8. The second-order valence-corrected chi connectivity index (χ2v) is 13.4. The number of carbonyl (C=O) groups is 2. The lowest BCUT2D eigenvalue weighted by molar-refractivity contribution is -0.906. The number of hydrogen-bond acceptors (Lipinski definition) is 7. The Morgan fingerprint density at radius 2 is 1.86 bits per heavy atom. The largest absolute Gasteiger partial charge is 0.415 e. The van der Waals surface area contributed by atoms with Gasteiger partial charge in [0.25, 0.3) is 5.89 Å². The third kappa shape index (κ3) is 7.68. The first-order chi connectivity index (χ1) is 21.1. The van der Waals surface area contributed by atoms with E-state index in [1.54, 1.807) is 0 Å². The summed E-state index contributed by atoms with van der Waals surface area (Å²) in [6, 6.07) is 10.5. The summed E-state index contributed by atoms with van der Waals surface area (Å²) in [6.45, 7) is 11.3. The maximum absolute atomic E-state index is 13.6. The molecule has 1 aromatic carbocycles. The molecule has 0 unspecified atom stereocenters. The number of oxazole rings is 1. The van der Waals surface area contributed by atoms with Gasteiger partial charge in [0.05, 0.1) is 31.9 Å². The fraction of sp³-hybridized carbons (Fsp3) is 0.514. The molecule has 3 N–H and O–H groups in total. The Morgan fingerprint density at radius 3 is 2.52 bits per heavy atom. The Morgan fingerprint density at radius 1 is 1.14 bits per heavy atom. The fourth-order valence-corrected chi connectivity index (χ4v) is 6.56. The number of benzene rings is 1. The van der Waals surface area contributed by atoms with Crippen molar-refractivity contribution >= 4 is 23.3 Å². The number of nitrogens with one attached hydrogen (secondary N) is 2. The lowest BCUT2D eigenvalue weighted by Crippen LogP contribution is -3.13. The van der Waals surface area contributed by atoms with Gasteiger partial charge in [0.2, 0.25) is 11.5 Å². The molecule has 4 aromatic rings. The van der Waals surface area contributed by atoms with E-state index in [0.717, 1.165) is 86.8 Å². The molecule has 1 fully saturated rings. The van der Waals surface area contributed by atoms with Gasteiger partial charge in [0, 0.05) is 43.1 Å². The Balaban J connectivity index is 0.00000123. The fourth-order valence-electron chi connectivity index (χ4n) is 6.56. The number of aldehydes is 1. The molecule has 1 aliphatic heterocycles. The standard InChI is InChI=1S/C33H41N5O3.C2H4O/c1-33(2,3)26-8-9-28-24(16-26)17-29-31(36-28)41-32(37-29)30(40)18-23(10-13-38-14-11-27(39)12-15-38)21-4-6-22(7-5-21)25-19-34-35-20-25;1-2-3/h4-7,17,19-20,23,26-27,39H,8-16,18H2,1-3H3,(H,34,35);2H,1H3/p+1/t23-,26-;/m0./s1. The summed E-state index contributed by atoms with van der Waals surface area (Å²) in [4.78, 5) is 33.3. The zero-order valence-corrected chi connectivity index (χ0v) is 26.4. The number of pyridine rings is 1. The first-order valence-electron chi connectivity index (χ1n) is 16.0. The van der Waals surface area contributed by atoms with E-state index in [0.29, 0.717) is 23.6 Å². The summed E-state index contributed by atoms with van der Waals surface area (Å²) in [5, 5.41) is 16.9. The number of aromatic amines is 1. The SMILES string of the molecule is CC(C)(C)[C@H]1CCc2nc3oc(C(=O)C[C@H](CC[NH+]4CCC(O)CC4)c4ccc(-c5cn[nH]c5)cc4)nc3cc2C1.CC=O. The number of H-pyrrole nitrogens is 1. The number of piperidine rings is 1. The maximum atomic E-state index is 13.6. The third-order valence-corrected chi connectivity index (χ3v) is 9.37. The van der Waals surface area contributed by atoms with E-state index in [-0.39, 0.29) is 29.1 Å². The van der Waals surface area contributed by atoms with Gasteiger partial charge in [-0.3, -0.25) is 9.89 Å². The molecule has 0 amide bonds. The van der Waals surface area contributed by atoms with Gasteiger partial charge in [-0.25, -0.2) is 9.97 Å². The maximum Gasteiger partial charge on any atom is 0.265 e. The summed E-state index contributed by atoms with van der Waals surface area (Å²) < 4.78 is 5.99. The van der Waals surface area contributed by atoms with Gasteiger partial charge in [-0.15, -0.1) is 0 Å². The van der Waals surface area contributed by atoms with E-state index in [4.69, 9.17) is 14.2 Å². The van der Waals surface area contributed by atoms with Gasteiger partial charge in [-0.1, -0.05) is 45.0 Å². The molecule has 0 radical (unpaired) electrons. The topological polar surface area (TPSA) is 126 Å². The van der Waals surface area contributed by atoms with Crippen molar-refractivity contribution in [3.8, 4) is 11.1 Å². The number of Topliss-reactive ketones (excluding diaryl/α,β-unsaturated/α-hetero) is 1. The highest BCUT2D eigenvalue weighted by molar-refractivity contribution is 5.94. The molecule has 0 saturated carbocycles. The molecule has 2 aliphatic rings. The number of fused-ring (bicyclic) bond motifs is 2. The quantitative estimate of drug-likeness (QED) is 0.197. The van der Waals surface area contributed by atoms with Gasteiger partial charge in [-0.05, 0) is 66.2 Å². The van der Waals surface area contributed by atoms with Gasteiger partial charge >= 0.3 is 0 Å². The molecule has 2 atom stereocenters. The van der Waals surface area contributed by atoms with E-state index in [2.05, 4.69) is 66.3 Å². The molecule has 1 saturated heterocycles. The molecular weight excluding hydrogens is 554 g/mol. The normalized spacial score (nSPS) is 20.8. The van der Waals surface area contributed by atoms with Crippen molar-refractivity contribution in [3.05, 3.63) is 65.4 Å². The Labute approximate surface area is 259 Å². The molecule has 0 spiro atoms. The molecule has 9 nitrogen and oxygen atoms in total. The van der Waals surface area contributed by atoms with Crippen LogP contribution in [0, 0.1) is 11.3 Å². The number of carbonyl (C=O) groups excluding carboxylic acids is 2. The minimum absolute atomic E-state index is 0.0453. The Hall–Kier alpha value is -3.69. The van der Waals surface area contributed by atoms with Crippen molar-refractivity contribution in [2.24, 2.45) is 11.3 Å². The summed E-state index contributed by atoms with van der Waals surface area (Å²) >= 11 is 0. The van der Waals surface area contributed by atoms with Crippen molar-refractivity contribution in [1.82, 2.24) is 20.2 Å². The van der Waals surface area contributed by atoms with E-state index >= 15 is 0 Å². The smallest absolute Gasteiger partial charge is 0.265 e. The number of likely N-dealkylation sites (tertiary alicyclic amines) is 1. The highest BCUT2D eigenvalue weighted by Crippen LogP contribution is 2.37. The van der Waals surface area contributed by atoms with Gasteiger partial charge in [-0.2, -0.15) is 5.10 Å². The number of aryl methyl sites for hydroxylation is 1. The number of aliphatic hydroxyl groups excluding tert-OH is 1. The number of quaternary nitrogens is 1. The van der Waals surface area contributed by atoms with E-state index in [1.807, 2.05) is 12.4 Å². The lowest BCUT2D eigenvalue weighted by atomic mass is 9.71. The van der Waals surface area contributed by atoms with E-state index in [9.17, 15) is 9.90 Å². The highest BCUT2D eigenvalue weighted by atomic mass is 16.4. The minimum atomic E-state index is -0.177. The Bertz CT molecular complexity index is 1530. The lowest BCUT2D eigenvalue weighted by Gasteiger charge is -2.34. The number of hydrogen-bond donors (Lipinski definition) is 3. The number of ketones is 1. The number of aliphatic hydroxyl groups is 1. The predicted octanol–water partition coefficient (Wildman–Crippen LogP) is 4.76. The second-order valence-electron chi connectivity index (χ2n) is 13.4. The van der Waals surface area contributed by atoms with Crippen molar-refractivity contribution in [3.63, 3.8) is 0 Å². The molecule has 44 heavy (non-hydrogen) atoms. The summed E-state index contributed by atoms with van der Waals surface area (Å²) in [7, 11) is 0. The van der Waals surface area contributed by atoms with Crippen LogP contribution in [0.2, 0.25) is 0 Å². The van der Waals surface area contributed by atoms with Crippen molar-refractivity contribution in [2.75, 3.05) is 19.6 Å². The Kier molecular flexibility index (Phi) is 10.1. The van der Waals surface area contributed by atoms with Crippen LogP contribution >= 0.6 is 0 Å². The van der Waals surface area contributed by atoms with Crippen molar-refractivity contribution in [2.45, 2.75) is 84.7 Å². The first kappa shape index (κ1) is 31.7. The zero-order valence-electron chi connectivity index (χ0n) is 26.4. The molecule has 0 bridgehead atoms. The molecule has 6 rings (SSSR count). The van der Waals surface area contributed by atoms with Gasteiger partial charge < -0.3 is 19.2 Å². The number of aromatic nitrogens is 4. The molecule has 4 heterocycles. The van der Waals surface area contributed by atoms with Crippen LogP contribution in [-0.4, -0.2) is 63.1 Å². The minimum Gasteiger partial charge on any atom is -0.415 e. The first-order valence-corrected chi connectivity index (χ1v) is 16.0. The highest BCUT2D eigenvalue weighted by Gasteiger charge is 2.31. The summed E-state index contributed by atoms with van der Waals surface area (Å²) in [5.74, 6) is 0.731. The van der Waals surface area contributed by atoms with Crippen LogP contribution < -0.4 is 4.90 Å².